The average Bonchev–Trinajstić information content (AvgIpc) is 3.15. The average molecular weight is 773 g/mol. The number of carbonyl (C=O) groups is 2. The van der Waals surface area contributed by atoms with Crippen molar-refractivity contribution in [3.05, 3.63) is 0 Å². The van der Waals surface area contributed by atoms with Crippen LogP contribution in [0, 0.1) is 5.92 Å². The topological polar surface area (TPSA) is 49.9 Å². The molecule has 1 amide bonds. The van der Waals surface area contributed by atoms with Crippen molar-refractivity contribution in [3.63, 3.8) is 0 Å². The van der Waals surface area contributed by atoms with E-state index in [1.54, 1.807) is 0 Å². The molecule has 0 aromatic heterocycles. The molecule has 54 heavy (non-hydrogen) atoms. The summed E-state index contributed by atoms with van der Waals surface area (Å²) in [5, 5.41) is 0. The van der Waals surface area contributed by atoms with Crippen molar-refractivity contribution in [2.45, 2.75) is 263 Å². The second-order valence-corrected chi connectivity index (χ2v) is 15.4. The number of unbranched alkanes of at least 4 members (excludes halogenated alkanes) is 16. The predicted octanol–water partition coefficient (Wildman–Crippen LogP) is 16.3. The molecule has 0 fully saturated rings. The first-order chi connectivity index (χ1) is 26.1. The van der Waals surface area contributed by atoms with Gasteiger partial charge >= 0.3 is 5.97 Å². The van der Waals surface area contributed by atoms with Crippen molar-refractivity contribution in [2.24, 2.45) is 5.92 Å². The van der Waals surface area contributed by atoms with Crippen LogP contribution >= 0.6 is 0 Å². The van der Waals surface area contributed by atoms with E-state index >= 15 is 0 Å². The van der Waals surface area contributed by atoms with Crippen LogP contribution in [0.4, 0.5) is 0 Å². The summed E-state index contributed by atoms with van der Waals surface area (Å²) in [6, 6.07) is 0. The summed E-state index contributed by atoms with van der Waals surface area (Å²) in [6.45, 7) is 28.4. The number of rotatable bonds is 30. The van der Waals surface area contributed by atoms with Gasteiger partial charge in [0.25, 0.3) is 0 Å². The number of esters is 1. The molecule has 0 N–H and O–H groups in total. The van der Waals surface area contributed by atoms with E-state index in [1.165, 1.54) is 148 Å². The lowest BCUT2D eigenvalue weighted by Gasteiger charge is -2.17. The first kappa shape index (κ1) is 64.8. The minimum atomic E-state index is 0.0302. The highest BCUT2D eigenvalue weighted by molar-refractivity contribution is 5.75. The Bertz CT molecular complexity index is 609. The zero-order valence-corrected chi connectivity index (χ0v) is 40.6. The molecule has 0 unspecified atom stereocenters. The van der Waals surface area contributed by atoms with E-state index in [1.807, 2.05) is 25.8 Å². The van der Waals surface area contributed by atoms with Crippen LogP contribution < -0.4 is 0 Å². The van der Waals surface area contributed by atoms with Gasteiger partial charge in [0.05, 0.1) is 6.61 Å². The van der Waals surface area contributed by atoms with Crippen molar-refractivity contribution >= 4 is 11.9 Å². The van der Waals surface area contributed by atoms with E-state index in [0.717, 1.165) is 38.8 Å². The Kier molecular flexibility index (Phi) is 76.6. The summed E-state index contributed by atoms with van der Waals surface area (Å²) in [5.74, 6) is 0.932. The van der Waals surface area contributed by atoms with Gasteiger partial charge in [0, 0.05) is 26.4 Å². The fourth-order valence-electron chi connectivity index (χ4n) is 5.34. The highest BCUT2D eigenvalue weighted by Crippen LogP contribution is 2.19. The monoisotopic (exact) mass is 773 g/mol. The maximum Gasteiger partial charge on any atom is 0.305 e. The molecule has 0 heterocycles. The Morgan fingerprint density at radius 2 is 0.778 bits per heavy atom. The van der Waals surface area contributed by atoms with Crippen LogP contribution in [0.1, 0.15) is 263 Å². The third-order valence-corrected chi connectivity index (χ3v) is 8.42. The maximum atomic E-state index is 12.0. The highest BCUT2D eigenvalue weighted by atomic mass is 16.5. The molecule has 0 aliphatic carbocycles. The van der Waals surface area contributed by atoms with Gasteiger partial charge in [0.15, 0.2) is 0 Å². The Labute approximate surface area is 344 Å². The summed E-state index contributed by atoms with van der Waals surface area (Å²) >= 11 is 0. The molecule has 0 spiro atoms. The number of ether oxygens (including phenoxy) is 1. The molecule has 0 aromatic rings. The Morgan fingerprint density at radius 1 is 0.444 bits per heavy atom. The summed E-state index contributed by atoms with van der Waals surface area (Å²) in [5.41, 5.74) is 0. The van der Waals surface area contributed by atoms with E-state index in [4.69, 9.17) is 4.74 Å². The first-order valence-electron chi connectivity index (χ1n) is 24.1. The normalized spacial score (nSPS) is 9.94. The van der Waals surface area contributed by atoms with Gasteiger partial charge < -0.3 is 14.5 Å². The molecule has 0 rings (SSSR count). The van der Waals surface area contributed by atoms with Crippen LogP contribution in [0.15, 0.2) is 0 Å². The molecule has 0 aliphatic heterocycles. The lowest BCUT2D eigenvalue weighted by Crippen LogP contribution is -2.28. The van der Waals surface area contributed by atoms with Gasteiger partial charge in [0.1, 0.15) is 0 Å². The van der Waals surface area contributed by atoms with Gasteiger partial charge in [-0.2, -0.15) is 0 Å². The van der Waals surface area contributed by atoms with E-state index in [2.05, 4.69) is 88.2 Å². The molecule has 0 saturated heterocycles. The van der Waals surface area contributed by atoms with E-state index in [0.29, 0.717) is 24.9 Å². The molecule has 0 radical (unpaired) electrons. The van der Waals surface area contributed by atoms with Gasteiger partial charge in [-0.25, -0.2) is 0 Å². The minimum Gasteiger partial charge on any atom is -0.465 e. The SMILES string of the molecule is CC.CCC.CCC.CCC.CCCCCCCC(=O)N(C)CCCCN(C)C.CCCCCCCCC(=O)OCC(CCCCCC)CCCCCC. The number of carbonyl (C=O) groups excluding carboxylic acids is 2. The standard InChI is InChI=1S/C23H46O2.C15H32N2O.3C3H8.C2H6/c1-4-7-10-13-14-17-20-23(24)25-21-22(18-15-11-8-5-2)19-16-12-9-6-3;1-5-6-7-8-9-12-15(18)17(4)14-11-10-13-16(2)3;3*1-3-2;1-2/h22H,4-21H2,1-3H3;5-14H2,1-4H3;3*3H2,1-2H3;1-2H3. The Morgan fingerprint density at radius 3 is 1.17 bits per heavy atom. The van der Waals surface area contributed by atoms with Crippen LogP contribution in [-0.2, 0) is 14.3 Å². The highest BCUT2D eigenvalue weighted by Gasteiger charge is 2.12. The van der Waals surface area contributed by atoms with Crippen molar-refractivity contribution in [1.82, 2.24) is 9.80 Å². The second-order valence-electron chi connectivity index (χ2n) is 15.4. The smallest absolute Gasteiger partial charge is 0.305 e. The third-order valence-electron chi connectivity index (χ3n) is 8.42. The molecule has 5 nitrogen and oxygen atoms in total. The van der Waals surface area contributed by atoms with Crippen LogP contribution in [0.5, 0.6) is 0 Å². The van der Waals surface area contributed by atoms with Crippen LogP contribution in [0.25, 0.3) is 0 Å². The van der Waals surface area contributed by atoms with Gasteiger partial charge in [-0.05, 0) is 65.1 Å². The summed E-state index contributed by atoms with van der Waals surface area (Å²) in [6.07, 6.45) is 33.8. The molecule has 0 saturated carbocycles. The number of hydrogen-bond acceptors (Lipinski definition) is 4. The van der Waals surface area contributed by atoms with Crippen LogP contribution in [-0.4, -0.2) is 62.5 Å². The molecule has 0 aliphatic rings. The van der Waals surface area contributed by atoms with E-state index in [-0.39, 0.29) is 5.97 Å². The lowest BCUT2D eigenvalue weighted by molar-refractivity contribution is -0.145. The summed E-state index contributed by atoms with van der Waals surface area (Å²) in [4.78, 5) is 27.9. The maximum absolute atomic E-state index is 12.0. The minimum absolute atomic E-state index is 0.0302. The predicted molar refractivity (Wildman–Crippen MR) is 248 cm³/mol. The number of amides is 1. The fraction of sp³-hybridized carbons (Fsp3) is 0.959. The van der Waals surface area contributed by atoms with Gasteiger partial charge in [0.2, 0.25) is 5.91 Å². The van der Waals surface area contributed by atoms with Crippen LogP contribution in [0.3, 0.4) is 0 Å². The zero-order chi connectivity index (χ0) is 42.5. The van der Waals surface area contributed by atoms with Crippen molar-refractivity contribution < 1.29 is 14.3 Å². The quantitative estimate of drug-likeness (QED) is 0.0539. The second kappa shape index (κ2) is 63.8. The largest absolute Gasteiger partial charge is 0.465 e. The van der Waals surface area contributed by atoms with Crippen molar-refractivity contribution in [2.75, 3.05) is 40.8 Å². The summed E-state index contributed by atoms with van der Waals surface area (Å²) < 4.78 is 5.61. The number of hydrogen-bond donors (Lipinski definition) is 0. The molecule has 5 heteroatoms. The Hall–Kier alpha value is -1.10. The Balaban J connectivity index is -0.000000172. The van der Waals surface area contributed by atoms with E-state index < -0.39 is 0 Å². The van der Waals surface area contributed by atoms with Gasteiger partial charge in [-0.15, -0.1) is 0 Å². The number of nitrogens with zero attached hydrogens (tertiary/aromatic N) is 2. The molecule has 332 valence electrons. The first-order valence-corrected chi connectivity index (χ1v) is 24.1. The van der Waals surface area contributed by atoms with E-state index in [9.17, 15) is 9.59 Å². The molecular formula is C49H108N2O3. The molecule has 0 aromatic carbocycles. The molecular weight excluding hydrogens is 665 g/mol. The molecule has 0 atom stereocenters. The third kappa shape index (κ3) is 72.2. The van der Waals surface area contributed by atoms with Crippen LogP contribution in [0.2, 0.25) is 0 Å². The van der Waals surface area contributed by atoms with Gasteiger partial charge in [-0.1, -0.05) is 212 Å². The molecule has 0 bridgehead atoms. The van der Waals surface area contributed by atoms with Gasteiger partial charge in [-0.3, -0.25) is 9.59 Å². The fourth-order valence-corrected chi connectivity index (χ4v) is 5.34. The summed E-state index contributed by atoms with van der Waals surface area (Å²) in [7, 11) is 6.11. The van der Waals surface area contributed by atoms with Crippen molar-refractivity contribution in [1.29, 1.82) is 0 Å². The van der Waals surface area contributed by atoms with Crippen molar-refractivity contribution in [3.8, 4) is 0 Å². The zero-order valence-electron chi connectivity index (χ0n) is 40.6. The lowest BCUT2D eigenvalue weighted by atomic mass is 9.95.